The first-order valence-corrected chi connectivity index (χ1v) is 7.63. The molecule has 0 aliphatic rings. The van der Waals surface area contributed by atoms with Crippen molar-refractivity contribution in [3.63, 3.8) is 0 Å². The van der Waals surface area contributed by atoms with Gasteiger partial charge in [0.1, 0.15) is 0 Å². The van der Waals surface area contributed by atoms with Gasteiger partial charge in [-0.3, -0.25) is 10.1 Å². The first-order chi connectivity index (χ1) is 10.1. The van der Waals surface area contributed by atoms with Crippen LogP contribution in [-0.4, -0.2) is 11.5 Å². The van der Waals surface area contributed by atoms with E-state index in [4.69, 9.17) is 5.73 Å². The molecule has 2 rings (SSSR count). The maximum absolute atomic E-state index is 10.9. The van der Waals surface area contributed by atoms with Crippen molar-refractivity contribution < 1.29 is 4.92 Å². The molecule has 0 radical (unpaired) electrons. The summed E-state index contributed by atoms with van der Waals surface area (Å²) < 4.78 is 0. The van der Waals surface area contributed by atoms with Gasteiger partial charge in [-0.05, 0) is 50.1 Å². The summed E-state index contributed by atoms with van der Waals surface area (Å²) in [4.78, 5) is 12.7. The minimum Gasteiger partial charge on any atom is -0.330 e. The standard InChI is InChI=1S/C16H18N2O2S/c1-12-4-7-15(8-5-12)21-16-9-6-14(18(19)20)11-13(16)3-2-10-17/h4-9,11H,2-3,10,17H2,1H3. The van der Waals surface area contributed by atoms with Gasteiger partial charge in [0.15, 0.2) is 0 Å². The third-order valence-electron chi connectivity index (χ3n) is 3.15. The fraction of sp³-hybridized carbons (Fsp3) is 0.250. The van der Waals surface area contributed by atoms with Crippen LogP contribution >= 0.6 is 11.8 Å². The molecule has 0 aliphatic carbocycles. The van der Waals surface area contributed by atoms with E-state index in [1.54, 1.807) is 23.9 Å². The van der Waals surface area contributed by atoms with Crippen LogP contribution < -0.4 is 5.73 Å². The summed E-state index contributed by atoms with van der Waals surface area (Å²) in [5.41, 5.74) is 7.89. The largest absolute Gasteiger partial charge is 0.330 e. The fourth-order valence-electron chi connectivity index (χ4n) is 2.00. The Kier molecular flexibility index (Phi) is 5.36. The first-order valence-electron chi connectivity index (χ1n) is 6.82. The van der Waals surface area contributed by atoms with Crippen molar-refractivity contribution in [2.24, 2.45) is 5.73 Å². The zero-order chi connectivity index (χ0) is 15.2. The average molecular weight is 302 g/mol. The van der Waals surface area contributed by atoms with E-state index in [9.17, 15) is 10.1 Å². The highest BCUT2D eigenvalue weighted by molar-refractivity contribution is 7.99. The van der Waals surface area contributed by atoms with Crippen molar-refractivity contribution in [3.05, 3.63) is 63.7 Å². The van der Waals surface area contributed by atoms with E-state index in [1.165, 1.54) is 5.56 Å². The van der Waals surface area contributed by atoms with E-state index in [-0.39, 0.29) is 10.6 Å². The smallest absolute Gasteiger partial charge is 0.269 e. The fourth-order valence-corrected chi connectivity index (χ4v) is 2.95. The lowest BCUT2D eigenvalue weighted by Crippen LogP contribution is -2.01. The number of nitrogens with two attached hydrogens (primary N) is 1. The Morgan fingerprint density at radius 2 is 1.90 bits per heavy atom. The Hall–Kier alpha value is -1.85. The lowest BCUT2D eigenvalue weighted by atomic mass is 10.1. The summed E-state index contributed by atoms with van der Waals surface area (Å²) in [5, 5.41) is 10.9. The Bertz CT molecular complexity index is 627. The highest BCUT2D eigenvalue weighted by Gasteiger charge is 2.11. The molecule has 0 bridgehead atoms. The summed E-state index contributed by atoms with van der Waals surface area (Å²) in [5.74, 6) is 0. The number of nitrogens with zero attached hydrogens (tertiary/aromatic N) is 1. The Labute approximate surface area is 128 Å². The van der Waals surface area contributed by atoms with Crippen LogP contribution in [0.4, 0.5) is 5.69 Å². The molecule has 0 fully saturated rings. The van der Waals surface area contributed by atoms with Gasteiger partial charge in [-0.2, -0.15) is 0 Å². The SMILES string of the molecule is Cc1ccc(Sc2ccc([N+](=O)[O-])cc2CCCN)cc1. The van der Waals surface area contributed by atoms with Gasteiger partial charge < -0.3 is 5.73 Å². The molecular weight excluding hydrogens is 284 g/mol. The lowest BCUT2D eigenvalue weighted by Gasteiger charge is -2.09. The first kappa shape index (κ1) is 15.5. The van der Waals surface area contributed by atoms with Crippen LogP contribution in [0.25, 0.3) is 0 Å². The van der Waals surface area contributed by atoms with Gasteiger partial charge >= 0.3 is 0 Å². The van der Waals surface area contributed by atoms with Crippen molar-refractivity contribution in [1.29, 1.82) is 0 Å². The zero-order valence-electron chi connectivity index (χ0n) is 11.9. The van der Waals surface area contributed by atoms with Crippen LogP contribution in [-0.2, 0) is 6.42 Å². The molecule has 21 heavy (non-hydrogen) atoms. The minimum absolute atomic E-state index is 0.135. The molecule has 0 heterocycles. The second-order valence-corrected chi connectivity index (χ2v) is 5.97. The van der Waals surface area contributed by atoms with E-state index >= 15 is 0 Å². The van der Waals surface area contributed by atoms with Gasteiger partial charge in [0.25, 0.3) is 5.69 Å². The van der Waals surface area contributed by atoms with Crippen LogP contribution in [0.15, 0.2) is 52.3 Å². The summed E-state index contributed by atoms with van der Waals surface area (Å²) in [6.07, 6.45) is 1.58. The number of aryl methyl sites for hydroxylation is 2. The third-order valence-corrected chi connectivity index (χ3v) is 4.28. The average Bonchev–Trinajstić information content (AvgIpc) is 2.48. The number of non-ortho nitro benzene ring substituents is 1. The van der Waals surface area contributed by atoms with E-state index in [2.05, 4.69) is 24.3 Å². The third kappa shape index (κ3) is 4.31. The number of benzene rings is 2. The molecule has 110 valence electrons. The topological polar surface area (TPSA) is 69.2 Å². The van der Waals surface area contributed by atoms with Gasteiger partial charge in [-0.15, -0.1) is 0 Å². The number of nitro benzene ring substituents is 1. The summed E-state index contributed by atoms with van der Waals surface area (Å²) in [7, 11) is 0. The normalized spacial score (nSPS) is 10.6. The Balaban J connectivity index is 2.28. The maximum atomic E-state index is 10.9. The highest BCUT2D eigenvalue weighted by atomic mass is 32.2. The molecule has 0 aliphatic heterocycles. The predicted octanol–water partition coefficient (Wildman–Crippen LogP) is 3.95. The number of hydrogen-bond acceptors (Lipinski definition) is 4. The van der Waals surface area contributed by atoms with Crippen molar-refractivity contribution >= 4 is 17.4 Å². The molecular formula is C16H18N2O2S. The van der Waals surface area contributed by atoms with Crippen molar-refractivity contribution in [3.8, 4) is 0 Å². The van der Waals surface area contributed by atoms with E-state index < -0.39 is 0 Å². The lowest BCUT2D eigenvalue weighted by molar-refractivity contribution is -0.385. The monoisotopic (exact) mass is 302 g/mol. The molecule has 2 aromatic rings. The molecule has 0 amide bonds. The van der Waals surface area contributed by atoms with Crippen LogP contribution in [0.1, 0.15) is 17.5 Å². The van der Waals surface area contributed by atoms with E-state index in [0.29, 0.717) is 6.54 Å². The summed E-state index contributed by atoms with van der Waals surface area (Å²) in [6.45, 7) is 2.63. The summed E-state index contributed by atoms with van der Waals surface area (Å²) >= 11 is 1.63. The molecule has 5 heteroatoms. The van der Waals surface area contributed by atoms with Crippen LogP contribution in [0, 0.1) is 17.0 Å². The van der Waals surface area contributed by atoms with Gasteiger partial charge in [0.2, 0.25) is 0 Å². The molecule has 0 saturated carbocycles. The van der Waals surface area contributed by atoms with Gasteiger partial charge in [0.05, 0.1) is 4.92 Å². The van der Waals surface area contributed by atoms with Gasteiger partial charge in [-0.1, -0.05) is 29.5 Å². The van der Waals surface area contributed by atoms with Crippen molar-refractivity contribution in [1.82, 2.24) is 0 Å². The molecule has 0 spiro atoms. The van der Waals surface area contributed by atoms with Gasteiger partial charge in [0, 0.05) is 21.9 Å². The molecule has 0 atom stereocenters. The van der Waals surface area contributed by atoms with Crippen LogP contribution in [0.2, 0.25) is 0 Å². The van der Waals surface area contributed by atoms with E-state index in [0.717, 1.165) is 28.2 Å². The molecule has 2 aromatic carbocycles. The van der Waals surface area contributed by atoms with Crippen molar-refractivity contribution in [2.45, 2.75) is 29.6 Å². The second kappa shape index (κ2) is 7.24. The Morgan fingerprint density at radius 3 is 2.52 bits per heavy atom. The van der Waals surface area contributed by atoms with Gasteiger partial charge in [-0.25, -0.2) is 0 Å². The predicted molar refractivity (Wildman–Crippen MR) is 85.8 cm³/mol. The molecule has 2 N–H and O–H groups in total. The maximum Gasteiger partial charge on any atom is 0.269 e. The number of hydrogen-bond donors (Lipinski definition) is 1. The number of rotatable bonds is 6. The van der Waals surface area contributed by atoms with Crippen molar-refractivity contribution in [2.75, 3.05) is 6.54 Å². The summed E-state index contributed by atoms with van der Waals surface area (Å²) in [6, 6.07) is 13.3. The number of nitro groups is 1. The Morgan fingerprint density at radius 1 is 1.19 bits per heavy atom. The quantitative estimate of drug-likeness (QED) is 0.648. The highest BCUT2D eigenvalue weighted by Crippen LogP contribution is 2.33. The molecule has 0 unspecified atom stereocenters. The zero-order valence-corrected chi connectivity index (χ0v) is 12.7. The molecule has 0 saturated heterocycles. The second-order valence-electron chi connectivity index (χ2n) is 4.86. The minimum atomic E-state index is -0.355. The molecule has 4 nitrogen and oxygen atoms in total. The van der Waals surface area contributed by atoms with Crippen LogP contribution in [0.5, 0.6) is 0 Å². The molecule has 0 aromatic heterocycles. The van der Waals surface area contributed by atoms with Crippen LogP contribution in [0.3, 0.4) is 0 Å². The van der Waals surface area contributed by atoms with E-state index in [1.807, 2.05) is 13.0 Å².